The average Bonchev–Trinajstić information content (AvgIpc) is 3.65. The van der Waals surface area contributed by atoms with Crippen LogP contribution in [0.3, 0.4) is 0 Å². The van der Waals surface area contributed by atoms with E-state index in [1.54, 1.807) is 12.1 Å². The maximum atomic E-state index is 14.6. The molecule has 3 unspecified atom stereocenters. The number of likely N-dealkylation sites (tertiary alicyclic amines) is 2. The molecule has 1 aromatic heterocycles. The Morgan fingerprint density at radius 2 is 1.87 bits per heavy atom. The number of aromatic nitrogens is 1. The number of alkyl halides is 2. The Morgan fingerprint density at radius 3 is 2.53 bits per heavy atom. The van der Waals surface area contributed by atoms with Crippen LogP contribution in [-0.2, 0) is 10.7 Å². The highest BCUT2D eigenvalue weighted by atomic mass is 19.3. The number of nitrogens with zero attached hydrogens (tertiary/aromatic N) is 3. The van der Waals surface area contributed by atoms with Crippen molar-refractivity contribution in [3.05, 3.63) is 65.5 Å². The zero-order valence-electron chi connectivity index (χ0n) is 22.4. The molecule has 3 fully saturated rings. The van der Waals surface area contributed by atoms with Crippen molar-refractivity contribution in [1.82, 2.24) is 14.8 Å². The summed E-state index contributed by atoms with van der Waals surface area (Å²) in [6.07, 6.45) is 6.74. The van der Waals surface area contributed by atoms with Gasteiger partial charge in [-0.05, 0) is 81.1 Å². The monoisotopic (exact) mass is 525 g/mol. The Labute approximate surface area is 225 Å². The molecule has 0 bridgehead atoms. The van der Waals surface area contributed by atoms with Crippen LogP contribution >= 0.6 is 0 Å². The van der Waals surface area contributed by atoms with Crippen molar-refractivity contribution in [2.24, 2.45) is 17.8 Å². The van der Waals surface area contributed by atoms with Crippen LogP contribution in [0.4, 0.5) is 8.78 Å². The average molecular weight is 526 g/mol. The second-order valence-corrected chi connectivity index (χ2v) is 12.0. The molecule has 3 heterocycles. The van der Waals surface area contributed by atoms with Crippen LogP contribution in [0.2, 0.25) is 0 Å². The fourth-order valence-electron chi connectivity index (χ4n) is 6.58. The summed E-state index contributed by atoms with van der Waals surface area (Å²) in [5.41, 5.74) is 2.40. The van der Waals surface area contributed by atoms with Gasteiger partial charge in [0.25, 0.3) is 5.92 Å². The molecule has 1 N–H and O–H groups in total. The second kappa shape index (κ2) is 11.8. The van der Waals surface area contributed by atoms with Crippen molar-refractivity contribution in [2.45, 2.75) is 69.8 Å². The van der Waals surface area contributed by atoms with Gasteiger partial charge in [0.2, 0.25) is 0 Å². The largest absolute Gasteiger partial charge is 0.480 e. The highest BCUT2D eigenvalue weighted by Gasteiger charge is 2.42. The van der Waals surface area contributed by atoms with Gasteiger partial charge in [-0.25, -0.2) is 0 Å². The SMILES string of the molecule is Cc1cccc(C2CN(C(CC3CC3)C(=O)O)CC2CN2CCC(CCC(F)(F)c3ccccn3)CC2)c1. The molecule has 3 atom stereocenters. The van der Waals surface area contributed by atoms with Gasteiger partial charge in [0.05, 0.1) is 0 Å². The Bertz CT molecular complexity index is 1070. The number of aliphatic carboxylic acids is 1. The number of pyridine rings is 1. The van der Waals surface area contributed by atoms with Crippen molar-refractivity contribution in [3.63, 3.8) is 0 Å². The summed E-state index contributed by atoms with van der Waals surface area (Å²) in [4.78, 5) is 20.8. The van der Waals surface area contributed by atoms with Gasteiger partial charge < -0.3 is 10.0 Å². The fraction of sp³-hybridized carbons (Fsp3) is 0.613. The highest BCUT2D eigenvalue weighted by Crippen LogP contribution is 2.40. The van der Waals surface area contributed by atoms with Crippen LogP contribution < -0.4 is 0 Å². The van der Waals surface area contributed by atoms with Crippen LogP contribution in [0.1, 0.15) is 67.7 Å². The normalized spacial score (nSPS) is 24.5. The molecule has 5 nitrogen and oxygen atoms in total. The minimum atomic E-state index is -2.88. The number of rotatable bonds is 11. The third-order valence-corrected chi connectivity index (χ3v) is 9.02. The Hall–Kier alpha value is -2.38. The molecule has 1 saturated carbocycles. The number of halogens is 2. The smallest absolute Gasteiger partial charge is 0.320 e. The molecule has 3 aliphatic rings. The predicted octanol–water partition coefficient (Wildman–Crippen LogP) is 5.94. The summed E-state index contributed by atoms with van der Waals surface area (Å²) in [6.45, 7) is 6.47. The van der Waals surface area contributed by atoms with Gasteiger partial charge in [-0.3, -0.25) is 14.7 Å². The van der Waals surface area contributed by atoms with E-state index in [0.717, 1.165) is 64.8 Å². The van der Waals surface area contributed by atoms with E-state index in [2.05, 4.69) is 46.0 Å². The lowest BCUT2D eigenvalue weighted by Gasteiger charge is -2.35. The van der Waals surface area contributed by atoms with Gasteiger partial charge in [0.1, 0.15) is 11.7 Å². The predicted molar refractivity (Wildman–Crippen MR) is 144 cm³/mol. The lowest BCUT2D eigenvalue weighted by Crippen LogP contribution is -2.42. The molecule has 5 rings (SSSR count). The molecule has 0 amide bonds. The zero-order chi connectivity index (χ0) is 26.7. The van der Waals surface area contributed by atoms with Crippen LogP contribution in [0, 0.1) is 24.7 Å². The molecular weight excluding hydrogens is 484 g/mol. The number of benzene rings is 1. The molecule has 0 radical (unpaired) electrons. The third kappa shape index (κ3) is 6.78. The molecule has 2 aliphatic heterocycles. The second-order valence-electron chi connectivity index (χ2n) is 12.0. The Kier molecular flexibility index (Phi) is 8.44. The summed E-state index contributed by atoms with van der Waals surface area (Å²) >= 11 is 0. The van der Waals surface area contributed by atoms with Crippen molar-refractivity contribution >= 4 is 5.97 Å². The maximum Gasteiger partial charge on any atom is 0.320 e. The number of carbonyl (C=O) groups is 1. The van der Waals surface area contributed by atoms with E-state index in [-0.39, 0.29) is 12.1 Å². The van der Waals surface area contributed by atoms with E-state index in [1.807, 2.05) is 0 Å². The van der Waals surface area contributed by atoms with Crippen LogP contribution in [0.15, 0.2) is 48.7 Å². The molecule has 0 spiro atoms. The number of hydrogen-bond donors (Lipinski definition) is 1. The van der Waals surface area contributed by atoms with E-state index in [1.165, 1.54) is 23.4 Å². The van der Waals surface area contributed by atoms with E-state index in [0.29, 0.717) is 30.1 Å². The molecule has 206 valence electrons. The van der Waals surface area contributed by atoms with Gasteiger partial charge in [-0.2, -0.15) is 8.78 Å². The molecule has 7 heteroatoms. The first-order valence-electron chi connectivity index (χ1n) is 14.3. The first-order chi connectivity index (χ1) is 18.3. The van der Waals surface area contributed by atoms with Crippen LogP contribution in [0.5, 0.6) is 0 Å². The van der Waals surface area contributed by atoms with Crippen molar-refractivity contribution < 1.29 is 18.7 Å². The minimum Gasteiger partial charge on any atom is -0.480 e. The fourth-order valence-corrected chi connectivity index (χ4v) is 6.58. The number of carboxylic acid groups (broad SMARTS) is 1. The van der Waals surface area contributed by atoms with Crippen LogP contribution in [0.25, 0.3) is 0 Å². The topological polar surface area (TPSA) is 56.7 Å². The maximum absolute atomic E-state index is 14.6. The number of carboxylic acids is 1. The van der Waals surface area contributed by atoms with Crippen molar-refractivity contribution in [1.29, 1.82) is 0 Å². The van der Waals surface area contributed by atoms with E-state index in [9.17, 15) is 18.7 Å². The summed E-state index contributed by atoms with van der Waals surface area (Å²) in [5.74, 6) is -2.02. The van der Waals surface area contributed by atoms with E-state index < -0.39 is 17.9 Å². The first-order valence-corrected chi connectivity index (χ1v) is 14.3. The number of hydrogen-bond acceptors (Lipinski definition) is 4. The number of piperidine rings is 1. The lowest BCUT2D eigenvalue weighted by atomic mass is 9.86. The van der Waals surface area contributed by atoms with Gasteiger partial charge in [-0.15, -0.1) is 0 Å². The van der Waals surface area contributed by atoms with E-state index in [4.69, 9.17) is 0 Å². The highest BCUT2D eigenvalue weighted by molar-refractivity contribution is 5.73. The van der Waals surface area contributed by atoms with E-state index >= 15 is 0 Å². The summed E-state index contributed by atoms with van der Waals surface area (Å²) in [7, 11) is 0. The summed E-state index contributed by atoms with van der Waals surface area (Å²) < 4.78 is 29.2. The summed E-state index contributed by atoms with van der Waals surface area (Å²) in [6, 6.07) is 13.0. The van der Waals surface area contributed by atoms with Gasteiger partial charge in [0.15, 0.2) is 0 Å². The number of aryl methyl sites for hydroxylation is 1. The molecular formula is C31H41F2N3O2. The standard InChI is InChI=1S/C31H41F2N3O2/c1-22-5-4-6-25(17-22)27-21-36(28(30(37)38)18-24-8-9-24)20-26(27)19-35-15-11-23(12-16-35)10-13-31(32,33)29-7-2-3-14-34-29/h2-7,14,17,23-24,26-28H,8-13,15-16,18-21H2,1H3,(H,37,38). The minimum absolute atomic E-state index is 0.133. The first kappa shape index (κ1) is 27.2. The Morgan fingerprint density at radius 1 is 1.08 bits per heavy atom. The summed E-state index contributed by atoms with van der Waals surface area (Å²) in [5, 5.41) is 10.0. The van der Waals surface area contributed by atoms with Gasteiger partial charge in [-0.1, -0.05) is 48.7 Å². The molecule has 1 aliphatic carbocycles. The van der Waals surface area contributed by atoms with Crippen LogP contribution in [-0.4, -0.2) is 64.6 Å². The Balaban J connectivity index is 1.18. The molecule has 2 aromatic rings. The molecule has 2 saturated heterocycles. The van der Waals surface area contributed by atoms with Crippen molar-refractivity contribution in [2.75, 3.05) is 32.7 Å². The van der Waals surface area contributed by atoms with Gasteiger partial charge in [0, 0.05) is 38.2 Å². The quantitative estimate of drug-likeness (QED) is 0.393. The lowest BCUT2D eigenvalue weighted by molar-refractivity contribution is -0.143. The molecule has 1 aromatic carbocycles. The molecule has 38 heavy (non-hydrogen) atoms. The van der Waals surface area contributed by atoms with Gasteiger partial charge >= 0.3 is 5.97 Å². The zero-order valence-corrected chi connectivity index (χ0v) is 22.4. The van der Waals surface area contributed by atoms with Crippen molar-refractivity contribution in [3.8, 4) is 0 Å². The third-order valence-electron chi connectivity index (χ3n) is 9.02.